The van der Waals surface area contributed by atoms with Crippen LogP contribution in [0.1, 0.15) is 23.5 Å². The quantitative estimate of drug-likeness (QED) is 0.329. The van der Waals surface area contributed by atoms with Crippen molar-refractivity contribution < 1.29 is 23.6 Å². The lowest BCUT2D eigenvalue weighted by molar-refractivity contribution is -0.384. The van der Waals surface area contributed by atoms with E-state index in [1.807, 2.05) is 60.7 Å². The highest BCUT2D eigenvalue weighted by Crippen LogP contribution is 2.28. The van der Waals surface area contributed by atoms with Gasteiger partial charge in [0, 0.05) is 5.92 Å². The van der Waals surface area contributed by atoms with Gasteiger partial charge in [0.1, 0.15) is 11.5 Å². The third-order valence-electron chi connectivity index (χ3n) is 4.57. The number of esters is 1. The molecule has 158 valence electrons. The molecule has 3 aromatic rings. The standard InChI is InChI=1S/C23H19FN2O5/c24-18-11-12-20(21(13-18)26(29)30)25-22(27)15-31-23(28)14-19(16-7-3-1-4-8-16)17-9-5-2-6-10-17/h1-13,19H,14-15H2,(H,25,27). The molecule has 31 heavy (non-hydrogen) atoms. The van der Waals surface area contributed by atoms with Crippen LogP contribution in [0.3, 0.4) is 0 Å². The summed E-state index contributed by atoms with van der Waals surface area (Å²) >= 11 is 0. The molecule has 0 heterocycles. The first kappa shape index (κ1) is 21.6. The van der Waals surface area contributed by atoms with Crippen molar-refractivity contribution in [1.29, 1.82) is 0 Å². The topological polar surface area (TPSA) is 98.5 Å². The summed E-state index contributed by atoms with van der Waals surface area (Å²) in [5, 5.41) is 13.3. The summed E-state index contributed by atoms with van der Waals surface area (Å²) in [7, 11) is 0. The van der Waals surface area contributed by atoms with Gasteiger partial charge in [-0.1, -0.05) is 60.7 Å². The fourth-order valence-corrected chi connectivity index (χ4v) is 3.12. The minimum Gasteiger partial charge on any atom is -0.456 e. The van der Waals surface area contributed by atoms with Crippen LogP contribution in [-0.2, 0) is 14.3 Å². The van der Waals surface area contributed by atoms with Crippen molar-refractivity contribution in [2.45, 2.75) is 12.3 Å². The Kier molecular flexibility index (Phi) is 7.05. The van der Waals surface area contributed by atoms with Crippen LogP contribution in [0.4, 0.5) is 15.8 Å². The van der Waals surface area contributed by atoms with Gasteiger partial charge in [-0.15, -0.1) is 0 Å². The SMILES string of the molecule is O=C(COC(=O)CC(c1ccccc1)c1ccccc1)Nc1ccc(F)cc1[N+](=O)[O-]. The normalized spacial score (nSPS) is 10.5. The van der Waals surface area contributed by atoms with Gasteiger partial charge in [0.05, 0.1) is 17.4 Å². The number of carbonyl (C=O) groups excluding carboxylic acids is 2. The summed E-state index contributed by atoms with van der Waals surface area (Å²) in [5.41, 5.74) is 1.08. The van der Waals surface area contributed by atoms with Crippen molar-refractivity contribution in [2.24, 2.45) is 0 Å². The summed E-state index contributed by atoms with van der Waals surface area (Å²) in [4.78, 5) is 34.7. The zero-order valence-corrected chi connectivity index (χ0v) is 16.4. The van der Waals surface area contributed by atoms with Gasteiger partial charge in [-0.3, -0.25) is 19.7 Å². The van der Waals surface area contributed by atoms with Gasteiger partial charge in [-0.2, -0.15) is 0 Å². The van der Waals surface area contributed by atoms with Crippen LogP contribution in [0.25, 0.3) is 0 Å². The number of halogens is 1. The summed E-state index contributed by atoms with van der Waals surface area (Å²) in [6.07, 6.45) is 0.0119. The van der Waals surface area contributed by atoms with E-state index in [-0.39, 0.29) is 18.0 Å². The van der Waals surface area contributed by atoms with Crippen molar-refractivity contribution in [1.82, 2.24) is 0 Å². The molecule has 0 aliphatic rings. The fourth-order valence-electron chi connectivity index (χ4n) is 3.12. The lowest BCUT2D eigenvalue weighted by Crippen LogP contribution is -2.22. The maximum Gasteiger partial charge on any atom is 0.307 e. The molecule has 1 amide bonds. The highest BCUT2D eigenvalue weighted by atomic mass is 19.1. The predicted octanol–water partition coefficient (Wildman–Crippen LogP) is 4.44. The van der Waals surface area contributed by atoms with Crippen molar-refractivity contribution in [2.75, 3.05) is 11.9 Å². The molecule has 0 bridgehead atoms. The van der Waals surface area contributed by atoms with E-state index < -0.39 is 34.9 Å². The molecule has 0 aliphatic heterocycles. The van der Waals surface area contributed by atoms with Gasteiger partial charge in [-0.05, 0) is 23.3 Å². The molecule has 0 atom stereocenters. The van der Waals surface area contributed by atoms with Gasteiger partial charge in [0.25, 0.3) is 11.6 Å². The van der Waals surface area contributed by atoms with Crippen LogP contribution in [0.15, 0.2) is 78.9 Å². The van der Waals surface area contributed by atoms with E-state index in [4.69, 9.17) is 4.74 Å². The minimum atomic E-state index is -0.810. The maximum atomic E-state index is 13.2. The largest absolute Gasteiger partial charge is 0.456 e. The van der Waals surface area contributed by atoms with Crippen LogP contribution in [0.5, 0.6) is 0 Å². The van der Waals surface area contributed by atoms with Crippen LogP contribution in [0.2, 0.25) is 0 Å². The third kappa shape index (κ3) is 5.96. The maximum absolute atomic E-state index is 13.2. The Balaban J connectivity index is 1.63. The second-order valence-electron chi connectivity index (χ2n) is 6.71. The number of benzene rings is 3. The molecule has 0 aliphatic carbocycles. The van der Waals surface area contributed by atoms with E-state index in [0.29, 0.717) is 6.07 Å². The van der Waals surface area contributed by atoms with Crippen LogP contribution < -0.4 is 5.32 Å². The molecule has 1 N–H and O–H groups in total. The molecule has 0 spiro atoms. The number of hydrogen-bond donors (Lipinski definition) is 1. The highest BCUT2D eigenvalue weighted by molar-refractivity contribution is 5.94. The molecule has 0 fully saturated rings. The van der Waals surface area contributed by atoms with Gasteiger partial charge in [0.2, 0.25) is 0 Å². The average molecular weight is 422 g/mol. The van der Waals surface area contributed by atoms with Crippen molar-refractivity contribution >= 4 is 23.3 Å². The van der Waals surface area contributed by atoms with E-state index >= 15 is 0 Å². The molecule has 3 rings (SSSR count). The van der Waals surface area contributed by atoms with Crippen LogP contribution >= 0.6 is 0 Å². The molecule has 7 nitrogen and oxygen atoms in total. The van der Waals surface area contributed by atoms with Gasteiger partial charge < -0.3 is 10.1 Å². The predicted molar refractivity (Wildman–Crippen MR) is 112 cm³/mol. The minimum absolute atomic E-state index is 0.0119. The van der Waals surface area contributed by atoms with E-state index in [1.165, 1.54) is 0 Å². The molecule has 0 saturated carbocycles. The number of nitro benzene ring substituents is 1. The molecule has 0 saturated heterocycles. The number of rotatable bonds is 8. The number of amides is 1. The zero-order chi connectivity index (χ0) is 22.2. The summed E-state index contributed by atoms with van der Waals surface area (Å²) in [6, 6.07) is 21.6. The Morgan fingerprint density at radius 3 is 2.10 bits per heavy atom. The second kappa shape index (κ2) is 10.1. The molecule has 0 radical (unpaired) electrons. The Labute approximate surface area is 177 Å². The Morgan fingerprint density at radius 2 is 1.55 bits per heavy atom. The lowest BCUT2D eigenvalue weighted by Gasteiger charge is -2.17. The van der Waals surface area contributed by atoms with Crippen LogP contribution in [-0.4, -0.2) is 23.4 Å². The molecule has 0 unspecified atom stereocenters. The smallest absolute Gasteiger partial charge is 0.307 e. The molecule has 0 aromatic heterocycles. The van der Waals surface area contributed by atoms with E-state index in [1.54, 1.807) is 0 Å². The van der Waals surface area contributed by atoms with Crippen molar-refractivity contribution in [3.05, 3.63) is 106 Å². The Hall–Kier alpha value is -4.07. The summed E-state index contributed by atoms with van der Waals surface area (Å²) < 4.78 is 18.3. The summed E-state index contributed by atoms with van der Waals surface area (Å²) in [6.45, 7) is -0.621. The number of hydrogen-bond acceptors (Lipinski definition) is 5. The first-order valence-corrected chi connectivity index (χ1v) is 9.43. The van der Waals surface area contributed by atoms with Crippen molar-refractivity contribution in [3.8, 4) is 0 Å². The molecular weight excluding hydrogens is 403 g/mol. The first-order valence-electron chi connectivity index (χ1n) is 9.43. The first-order chi connectivity index (χ1) is 14.9. The molecular formula is C23H19FN2O5. The highest BCUT2D eigenvalue weighted by Gasteiger charge is 2.21. The van der Waals surface area contributed by atoms with E-state index in [2.05, 4.69) is 5.32 Å². The van der Waals surface area contributed by atoms with Gasteiger partial charge in [-0.25, -0.2) is 4.39 Å². The molecule has 8 heteroatoms. The van der Waals surface area contributed by atoms with Gasteiger partial charge in [0.15, 0.2) is 6.61 Å². The average Bonchev–Trinajstić information content (AvgIpc) is 2.78. The molecule has 3 aromatic carbocycles. The number of nitro groups is 1. The van der Waals surface area contributed by atoms with E-state index in [9.17, 15) is 24.1 Å². The van der Waals surface area contributed by atoms with E-state index in [0.717, 1.165) is 23.3 Å². The third-order valence-corrected chi connectivity index (χ3v) is 4.57. The second-order valence-corrected chi connectivity index (χ2v) is 6.71. The Bertz CT molecular complexity index is 1030. The van der Waals surface area contributed by atoms with Gasteiger partial charge >= 0.3 is 5.97 Å². The monoisotopic (exact) mass is 422 g/mol. The number of carbonyl (C=O) groups is 2. The Morgan fingerprint density at radius 1 is 0.968 bits per heavy atom. The number of anilines is 1. The van der Waals surface area contributed by atoms with Crippen LogP contribution in [0, 0.1) is 15.9 Å². The lowest BCUT2D eigenvalue weighted by atomic mass is 9.89. The number of ether oxygens (including phenoxy) is 1. The number of nitrogens with one attached hydrogen (secondary N) is 1. The zero-order valence-electron chi connectivity index (χ0n) is 16.4. The van der Waals surface area contributed by atoms with Crippen molar-refractivity contribution in [3.63, 3.8) is 0 Å². The number of nitrogens with zero attached hydrogens (tertiary/aromatic N) is 1. The summed E-state index contributed by atoms with van der Waals surface area (Å²) in [5.74, 6) is -2.42. The fraction of sp³-hybridized carbons (Fsp3) is 0.130.